The standard InChI is InChI=1S/C33H35N5O3/c1-41-29-17-15-25(16-18-29)21-37-33(40)38-32(34)36-23-27-12-8-11-26(19-27)22-35-31(39)30(28-13-6-3-7-14-28)20-24-9-4-2-5-10-24/h2-19,30H,20-23H2,1H3,(H,35,39)(H4,34,36,37,38,40). The number of amides is 3. The molecule has 3 amide bonds. The summed E-state index contributed by atoms with van der Waals surface area (Å²) in [5.74, 6) is 0.439. The Kier molecular flexibility index (Phi) is 10.5. The molecule has 4 rings (SSSR count). The van der Waals surface area contributed by atoms with Gasteiger partial charge in [0.1, 0.15) is 5.75 Å². The molecule has 210 valence electrons. The first kappa shape index (κ1) is 28.9. The minimum absolute atomic E-state index is 0.0163. The molecular weight excluding hydrogens is 514 g/mol. The Balaban J connectivity index is 1.29. The highest BCUT2D eigenvalue weighted by Crippen LogP contribution is 2.21. The van der Waals surface area contributed by atoms with E-state index < -0.39 is 6.03 Å². The predicted octanol–water partition coefficient (Wildman–Crippen LogP) is 4.65. The number of nitrogens with two attached hydrogens (primary N) is 1. The summed E-state index contributed by atoms with van der Waals surface area (Å²) < 4.78 is 5.14. The monoisotopic (exact) mass is 549 g/mol. The number of carbonyl (C=O) groups is 2. The van der Waals surface area contributed by atoms with Gasteiger partial charge in [0.2, 0.25) is 5.91 Å². The molecular formula is C33H35N5O3. The smallest absolute Gasteiger partial charge is 0.321 e. The number of methoxy groups -OCH3 is 1. The minimum Gasteiger partial charge on any atom is -0.497 e. The number of urea groups is 1. The van der Waals surface area contributed by atoms with Crippen LogP contribution in [-0.4, -0.2) is 25.0 Å². The summed E-state index contributed by atoms with van der Waals surface area (Å²) in [5, 5.41) is 8.39. The molecule has 8 nitrogen and oxygen atoms in total. The minimum atomic E-state index is -0.443. The molecule has 0 fully saturated rings. The molecule has 0 heterocycles. The maximum absolute atomic E-state index is 13.3. The topological polar surface area (TPSA) is 118 Å². The average Bonchev–Trinajstić information content (AvgIpc) is 3.02. The lowest BCUT2D eigenvalue weighted by Gasteiger charge is -2.18. The lowest BCUT2D eigenvalue weighted by molar-refractivity contribution is -0.122. The van der Waals surface area contributed by atoms with Crippen molar-refractivity contribution in [2.45, 2.75) is 32.0 Å². The molecule has 0 saturated carbocycles. The van der Waals surface area contributed by atoms with Crippen LogP contribution in [-0.2, 0) is 30.8 Å². The summed E-state index contributed by atoms with van der Waals surface area (Å²) in [7, 11) is 1.60. The van der Waals surface area contributed by atoms with Crippen LogP contribution in [0, 0.1) is 0 Å². The van der Waals surface area contributed by atoms with E-state index in [4.69, 9.17) is 10.5 Å². The van der Waals surface area contributed by atoms with Crippen LogP contribution in [0.1, 0.15) is 33.7 Å². The van der Waals surface area contributed by atoms with E-state index in [1.54, 1.807) is 7.11 Å². The Morgan fingerprint density at radius 2 is 1.39 bits per heavy atom. The van der Waals surface area contributed by atoms with Crippen molar-refractivity contribution in [2.24, 2.45) is 10.7 Å². The first-order chi connectivity index (χ1) is 20.0. The molecule has 0 aliphatic rings. The van der Waals surface area contributed by atoms with Crippen LogP contribution in [0.4, 0.5) is 4.79 Å². The molecule has 0 aliphatic heterocycles. The van der Waals surface area contributed by atoms with Crippen LogP contribution in [0.15, 0.2) is 114 Å². The van der Waals surface area contributed by atoms with Crippen molar-refractivity contribution in [2.75, 3.05) is 7.11 Å². The van der Waals surface area contributed by atoms with Crippen molar-refractivity contribution < 1.29 is 14.3 Å². The van der Waals surface area contributed by atoms with E-state index in [0.717, 1.165) is 33.6 Å². The van der Waals surface area contributed by atoms with Gasteiger partial charge in [-0.05, 0) is 46.4 Å². The molecule has 1 unspecified atom stereocenters. The fourth-order valence-electron chi connectivity index (χ4n) is 4.35. The van der Waals surface area contributed by atoms with E-state index >= 15 is 0 Å². The number of aliphatic imine (C=N–C) groups is 1. The van der Waals surface area contributed by atoms with Crippen LogP contribution in [0.3, 0.4) is 0 Å². The maximum atomic E-state index is 13.3. The van der Waals surface area contributed by atoms with Crippen molar-refractivity contribution in [3.63, 3.8) is 0 Å². The van der Waals surface area contributed by atoms with E-state index in [0.29, 0.717) is 19.5 Å². The quantitative estimate of drug-likeness (QED) is 0.161. The van der Waals surface area contributed by atoms with Crippen LogP contribution in [0.25, 0.3) is 0 Å². The largest absolute Gasteiger partial charge is 0.497 e. The molecule has 0 radical (unpaired) electrons. The predicted molar refractivity (Wildman–Crippen MR) is 161 cm³/mol. The molecule has 4 aromatic rings. The number of nitrogens with one attached hydrogen (secondary N) is 3. The maximum Gasteiger partial charge on any atom is 0.321 e. The lowest BCUT2D eigenvalue weighted by atomic mass is 9.91. The summed E-state index contributed by atoms with van der Waals surface area (Å²) in [6.45, 7) is 1.01. The van der Waals surface area contributed by atoms with Gasteiger partial charge < -0.3 is 21.1 Å². The zero-order valence-corrected chi connectivity index (χ0v) is 23.0. The second kappa shape index (κ2) is 14.9. The van der Waals surface area contributed by atoms with Crippen molar-refractivity contribution in [1.82, 2.24) is 16.0 Å². The van der Waals surface area contributed by atoms with Gasteiger partial charge in [-0.1, -0.05) is 97.1 Å². The van der Waals surface area contributed by atoms with Crippen LogP contribution < -0.4 is 26.4 Å². The Labute approximate surface area is 240 Å². The molecule has 0 spiro atoms. The zero-order valence-electron chi connectivity index (χ0n) is 23.0. The Morgan fingerprint density at radius 1 is 0.756 bits per heavy atom. The Hall–Kier alpha value is -5.11. The second-order valence-corrected chi connectivity index (χ2v) is 9.55. The molecule has 0 aliphatic carbocycles. The first-order valence-electron chi connectivity index (χ1n) is 13.4. The van der Waals surface area contributed by atoms with Crippen LogP contribution >= 0.6 is 0 Å². The number of hydrogen-bond donors (Lipinski definition) is 4. The van der Waals surface area contributed by atoms with Crippen molar-refractivity contribution >= 4 is 17.9 Å². The summed E-state index contributed by atoms with van der Waals surface area (Å²) in [5.41, 5.74) is 10.8. The molecule has 0 aromatic heterocycles. The molecule has 0 saturated heterocycles. The first-order valence-corrected chi connectivity index (χ1v) is 13.4. The summed E-state index contributed by atoms with van der Waals surface area (Å²) in [6, 6.07) is 34.6. The van der Waals surface area contributed by atoms with E-state index in [1.807, 2.05) is 109 Å². The SMILES string of the molecule is COc1ccc(CNC(=O)NC(N)=NCc2cccc(CNC(=O)C(Cc3ccccc3)c3ccccc3)c2)cc1. The van der Waals surface area contributed by atoms with Gasteiger partial charge in [0.15, 0.2) is 5.96 Å². The summed E-state index contributed by atoms with van der Waals surface area (Å²) >= 11 is 0. The van der Waals surface area contributed by atoms with Gasteiger partial charge >= 0.3 is 6.03 Å². The van der Waals surface area contributed by atoms with E-state index in [1.165, 1.54) is 0 Å². The van der Waals surface area contributed by atoms with Gasteiger partial charge in [-0.3, -0.25) is 10.1 Å². The number of rotatable bonds is 11. The highest BCUT2D eigenvalue weighted by molar-refractivity contribution is 5.95. The average molecular weight is 550 g/mol. The van der Waals surface area contributed by atoms with Crippen LogP contribution in [0.5, 0.6) is 5.75 Å². The van der Waals surface area contributed by atoms with Crippen LogP contribution in [0.2, 0.25) is 0 Å². The van der Waals surface area contributed by atoms with Gasteiger partial charge in [0.25, 0.3) is 0 Å². The molecule has 1 atom stereocenters. The fourth-order valence-corrected chi connectivity index (χ4v) is 4.35. The number of nitrogens with zero attached hydrogens (tertiary/aromatic N) is 1. The van der Waals surface area contributed by atoms with Crippen molar-refractivity contribution in [3.05, 3.63) is 137 Å². The molecule has 8 heteroatoms. The third kappa shape index (κ3) is 9.25. The molecule has 0 bridgehead atoms. The Morgan fingerprint density at radius 3 is 2.10 bits per heavy atom. The van der Waals surface area contributed by atoms with Crippen molar-refractivity contribution in [1.29, 1.82) is 0 Å². The number of guanidine groups is 1. The van der Waals surface area contributed by atoms with Crippen molar-refractivity contribution in [3.8, 4) is 5.75 Å². The summed E-state index contributed by atoms with van der Waals surface area (Å²) in [6.07, 6.45) is 0.616. The third-order valence-electron chi connectivity index (χ3n) is 6.54. The molecule has 5 N–H and O–H groups in total. The highest BCUT2D eigenvalue weighted by atomic mass is 16.5. The normalized spacial score (nSPS) is 11.8. The number of benzene rings is 4. The Bertz CT molecular complexity index is 1440. The van der Waals surface area contributed by atoms with Gasteiger partial charge in [0, 0.05) is 13.1 Å². The number of ether oxygens (including phenoxy) is 1. The van der Waals surface area contributed by atoms with Gasteiger partial charge in [0.05, 0.1) is 19.6 Å². The third-order valence-corrected chi connectivity index (χ3v) is 6.54. The second-order valence-electron chi connectivity index (χ2n) is 9.55. The van der Waals surface area contributed by atoms with Gasteiger partial charge in [-0.2, -0.15) is 0 Å². The number of carbonyl (C=O) groups excluding carboxylic acids is 2. The van der Waals surface area contributed by atoms with Gasteiger partial charge in [-0.25, -0.2) is 9.79 Å². The van der Waals surface area contributed by atoms with E-state index in [2.05, 4.69) is 20.9 Å². The fraction of sp³-hybridized carbons (Fsp3) is 0.182. The van der Waals surface area contributed by atoms with E-state index in [9.17, 15) is 9.59 Å². The number of hydrogen-bond acceptors (Lipinski definition) is 4. The zero-order chi connectivity index (χ0) is 28.9. The van der Waals surface area contributed by atoms with E-state index in [-0.39, 0.29) is 24.3 Å². The lowest BCUT2D eigenvalue weighted by Crippen LogP contribution is -2.43. The molecule has 41 heavy (non-hydrogen) atoms. The van der Waals surface area contributed by atoms with Gasteiger partial charge in [-0.15, -0.1) is 0 Å². The molecule has 4 aromatic carbocycles. The summed E-state index contributed by atoms with van der Waals surface area (Å²) in [4.78, 5) is 29.8. The highest BCUT2D eigenvalue weighted by Gasteiger charge is 2.20.